The molecule has 2 aromatic rings. The van der Waals surface area contributed by atoms with Crippen molar-refractivity contribution in [2.45, 2.75) is 26.4 Å². The second-order valence-corrected chi connectivity index (χ2v) is 5.24. The van der Waals surface area contributed by atoms with E-state index in [0.717, 1.165) is 12.0 Å². The molecule has 0 saturated carbocycles. The molecule has 0 aromatic heterocycles. The molecule has 0 aliphatic rings. The van der Waals surface area contributed by atoms with Crippen LogP contribution in [0.2, 0.25) is 5.02 Å². The Balaban J connectivity index is 2.04. The summed E-state index contributed by atoms with van der Waals surface area (Å²) in [4.78, 5) is 12.1. The second-order valence-electron chi connectivity index (χ2n) is 4.84. The van der Waals surface area contributed by atoms with Gasteiger partial charge in [0.05, 0.1) is 5.69 Å². The minimum atomic E-state index is -0.759. The lowest BCUT2D eigenvalue weighted by molar-refractivity contribution is -0.122. The van der Waals surface area contributed by atoms with E-state index in [4.69, 9.17) is 16.3 Å². The first-order valence-corrected chi connectivity index (χ1v) is 7.39. The number of carbonyl (C=O) groups excluding carboxylic acids is 1. The number of ether oxygens (including phenoxy) is 1. The van der Waals surface area contributed by atoms with Crippen molar-refractivity contribution in [1.82, 2.24) is 0 Å². The predicted octanol–water partition coefficient (Wildman–Crippen LogP) is 4.45. The lowest BCUT2D eigenvalue weighted by atomic mass is 10.1. The average Bonchev–Trinajstić information content (AvgIpc) is 2.51. The Labute approximate surface area is 134 Å². The van der Waals surface area contributed by atoms with E-state index < -0.39 is 17.8 Å². The Hall–Kier alpha value is -2.07. The zero-order valence-corrected chi connectivity index (χ0v) is 13.2. The zero-order chi connectivity index (χ0) is 16.1. The highest BCUT2D eigenvalue weighted by Gasteiger charge is 2.16. The summed E-state index contributed by atoms with van der Waals surface area (Å²) in [5.74, 6) is -0.349. The fraction of sp³-hybridized carbons (Fsp3) is 0.235. The quantitative estimate of drug-likeness (QED) is 0.883. The fourth-order valence-electron chi connectivity index (χ4n) is 1.95. The molecule has 0 heterocycles. The van der Waals surface area contributed by atoms with Crippen molar-refractivity contribution in [2.75, 3.05) is 5.32 Å². The second kappa shape index (κ2) is 7.27. The number of anilines is 1. The summed E-state index contributed by atoms with van der Waals surface area (Å²) in [6, 6.07) is 11.2. The number of para-hydroxylation sites is 1. The van der Waals surface area contributed by atoms with Crippen molar-refractivity contribution in [3.8, 4) is 5.75 Å². The van der Waals surface area contributed by atoms with Crippen molar-refractivity contribution in [2.24, 2.45) is 0 Å². The van der Waals surface area contributed by atoms with Crippen LogP contribution in [0.25, 0.3) is 0 Å². The molecule has 0 fully saturated rings. The Bertz CT molecular complexity index is 675. The summed E-state index contributed by atoms with van der Waals surface area (Å²) < 4.78 is 19.1. The minimum Gasteiger partial charge on any atom is -0.481 e. The van der Waals surface area contributed by atoms with Crippen molar-refractivity contribution < 1.29 is 13.9 Å². The largest absolute Gasteiger partial charge is 0.481 e. The molecule has 0 radical (unpaired) electrons. The molecule has 2 aromatic carbocycles. The van der Waals surface area contributed by atoms with Crippen LogP contribution in [-0.2, 0) is 11.2 Å². The number of benzene rings is 2. The first-order valence-electron chi connectivity index (χ1n) is 7.01. The molecule has 1 amide bonds. The maximum atomic E-state index is 13.5. The highest BCUT2D eigenvalue weighted by Crippen LogP contribution is 2.23. The van der Waals surface area contributed by atoms with Gasteiger partial charge in [-0.15, -0.1) is 0 Å². The summed E-state index contributed by atoms with van der Waals surface area (Å²) in [7, 11) is 0. The molecule has 2 rings (SSSR count). The lowest BCUT2D eigenvalue weighted by Crippen LogP contribution is -2.30. The van der Waals surface area contributed by atoms with Crippen LogP contribution in [0.5, 0.6) is 5.75 Å². The number of amides is 1. The molecular weight excluding hydrogens is 305 g/mol. The van der Waals surface area contributed by atoms with Crippen molar-refractivity contribution in [3.05, 3.63) is 58.9 Å². The van der Waals surface area contributed by atoms with Crippen molar-refractivity contribution in [1.29, 1.82) is 0 Å². The third-order valence-electron chi connectivity index (χ3n) is 3.21. The monoisotopic (exact) mass is 321 g/mol. The van der Waals surface area contributed by atoms with E-state index >= 15 is 0 Å². The summed E-state index contributed by atoms with van der Waals surface area (Å²) in [6.07, 6.45) is 0.0109. The van der Waals surface area contributed by atoms with Gasteiger partial charge in [-0.1, -0.05) is 30.7 Å². The van der Waals surface area contributed by atoms with Crippen molar-refractivity contribution in [3.63, 3.8) is 0 Å². The standard InChI is InChI=1S/C17H17ClFNO2/c1-3-12-10-13(8-9-14(12)18)22-11(2)17(21)20-16-7-5-4-6-15(16)19/h4-11H,3H2,1-2H3,(H,20,21). The predicted molar refractivity (Wildman–Crippen MR) is 85.9 cm³/mol. The summed E-state index contributed by atoms with van der Waals surface area (Å²) in [5.41, 5.74) is 1.08. The highest BCUT2D eigenvalue weighted by atomic mass is 35.5. The van der Waals surface area contributed by atoms with E-state index in [-0.39, 0.29) is 5.69 Å². The Morgan fingerprint density at radius 1 is 1.32 bits per heavy atom. The first-order chi connectivity index (χ1) is 10.5. The van der Waals surface area contributed by atoms with Crippen LogP contribution >= 0.6 is 11.6 Å². The topological polar surface area (TPSA) is 38.3 Å². The number of hydrogen-bond donors (Lipinski definition) is 1. The molecule has 22 heavy (non-hydrogen) atoms. The Morgan fingerprint density at radius 3 is 2.73 bits per heavy atom. The molecule has 1 N–H and O–H groups in total. The molecule has 1 unspecified atom stereocenters. The normalized spacial score (nSPS) is 11.8. The highest BCUT2D eigenvalue weighted by molar-refractivity contribution is 6.31. The summed E-state index contributed by atoms with van der Waals surface area (Å²) >= 11 is 6.04. The summed E-state index contributed by atoms with van der Waals surface area (Å²) in [5, 5.41) is 3.17. The third kappa shape index (κ3) is 3.98. The molecule has 3 nitrogen and oxygen atoms in total. The van der Waals surface area contributed by atoms with Gasteiger partial charge in [-0.2, -0.15) is 0 Å². The van der Waals surface area contributed by atoms with E-state index in [9.17, 15) is 9.18 Å². The number of rotatable bonds is 5. The van der Waals surface area contributed by atoms with E-state index in [1.54, 1.807) is 37.3 Å². The van der Waals surface area contributed by atoms with Crippen LogP contribution in [0.1, 0.15) is 19.4 Å². The van der Waals surface area contributed by atoms with Gasteiger partial charge in [0, 0.05) is 5.02 Å². The number of hydrogen-bond acceptors (Lipinski definition) is 2. The SMILES string of the molecule is CCc1cc(OC(C)C(=O)Nc2ccccc2F)ccc1Cl. The molecular formula is C17H17ClFNO2. The first kappa shape index (κ1) is 16.3. The fourth-order valence-corrected chi connectivity index (χ4v) is 2.20. The average molecular weight is 322 g/mol. The smallest absolute Gasteiger partial charge is 0.265 e. The molecule has 0 spiro atoms. The molecule has 0 saturated heterocycles. The lowest BCUT2D eigenvalue weighted by Gasteiger charge is -2.16. The molecule has 0 bridgehead atoms. The van der Waals surface area contributed by atoms with Gasteiger partial charge < -0.3 is 10.1 Å². The maximum absolute atomic E-state index is 13.5. The van der Waals surface area contributed by atoms with E-state index in [1.807, 2.05) is 6.92 Å². The Kier molecular flexibility index (Phi) is 5.39. The van der Waals surface area contributed by atoms with Crippen LogP contribution < -0.4 is 10.1 Å². The van der Waals surface area contributed by atoms with Gasteiger partial charge in [-0.25, -0.2) is 4.39 Å². The molecule has 0 aliphatic heterocycles. The van der Waals surface area contributed by atoms with Crippen LogP contribution in [0.4, 0.5) is 10.1 Å². The Morgan fingerprint density at radius 2 is 2.05 bits per heavy atom. The summed E-state index contributed by atoms with van der Waals surface area (Å²) in [6.45, 7) is 3.59. The van der Waals surface area contributed by atoms with Gasteiger partial charge in [-0.05, 0) is 49.2 Å². The van der Waals surface area contributed by atoms with Gasteiger partial charge in [0.1, 0.15) is 11.6 Å². The van der Waals surface area contributed by atoms with Gasteiger partial charge in [0.15, 0.2) is 6.10 Å². The molecule has 5 heteroatoms. The van der Waals surface area contributed by atoms with Gasteiger partial charge in [0.2, 0.25) is 0 Å². The molecule has 0 aliphatic carbocycles. The van der Waals surface area contributed by atoms with E-state index in [1.165, 1.54) is 12.1 Å². The van der Waals surface area contributed by atoms with Crippen LogP contribution in [-0.4, -0.2) is 12.0 Å². The van der Waals surface area contributed by atoms with Gasteiger partial charge in [-0.3, -0.25) is 4.79 Å². The van der Waals surface area contributed by atoms with Crippen molar-refractivity contribution >= 4 is 23.2 Å². The van der Waals surface area contributed by atoms with E-state index in [0.29, 0.717) is 10.8 Å². The number of halogens is 2. The van der Waals surface area contributed by atoms with Crippen LogP contribution in [0.15, 0.2) is 42.5 Å². The van der Waals surface area contributed by atoms with Gasteiger partial charge in [0.25, 0.3) is 5.91 Å². The molecule has 116 valence electrons. The molecule has 1 atom stereocenters. The van der Waals surface area contributed by atoms with Crippen LogP contribution in [0, 0.1) is 5.82 Å². The zero-order valence-electron chi connectivity index (χ0n) is 12.4. The van der Waals surface area contributed by atoms with Gasteiger partial charge >= 0.3 is 0 Å². The minimum absolute atomic E-state index is 0.133. The van der Waals surface area contributed by atoms with E-state index in [2.05, 4.69) is 5.32 Å². The third-order valence-corrected chi connectivity index (χ3v) is 3.58. The van der Waals surface area contributed by atoms with Crippen LogP contribution in [0.3, 0.4) is 0 Å². The maximum Gasteiger partial charge on any atom is 0.265 e. The number of carbonyl (C=O) groups is 1. The number of nitrogens with one attached hydrogen (secondary N) is 1. The number of aryl methyl sites for hydroxylation is 1.